The number of fused-ring (bicyclic) bond motifs is 1. The number of guanidine groups is 1. The van der Waals surface area contributed by atoms with E-state index in [1.54, 1.807) is 7.05 Å². The Balaban J connectivity index is 1.61. The van der Waals surface area contributed by atoms with E-state index < -0.39 is 11.9 Å². The minimum absolute atomic E-state index is 0.0266. The number of alkyl halides is 3. The van der Waals surface area contributed by atoms with Crippen LogP contribution >= 0.6 is 0 Å². The predicted octanol–water partition coefficient (Wildman–Crippen LogP) is 1.83. The van der Waals surface area contributed by atoms with Crippen molar-refractivity contribution in [2.24, 2.45) is 12.0 Å². The lowest BCUT2D eigenvalue weighted by Gasteiger charge is -2.25. The van der Waals surface area contributed by atoms with Crippen molar-refractivity contribution in [1.29, 1.82) is 0 Å². The average Bonchev–Trinajstić information content (AvgIpc) is 3.21. The molecule has 154 valence electrons. The van der Waals surface area contributed by atoms with Crippen molar-refractivity contribution in [3.63, 3.8) is 0 Å². The molecule has 1 aliphatic rings. The molecule has 0 radical (unpaired) electrons. The van der Waals surface area contributed by atoms with Crippen molar-refractivity contribution in [3.8, 4) is 0 Å². The number of aromatic nitrogens is 5. The summed E-state index contributed by atoms with van der Waals surface area (Å²) in [7, 11) is 3.05. The topological polar surface area (TPSA) is 84.9 Å². The Morgan fingerprint density at radius 3 is 2.75 bits per heavy atom. The van der Waals surface area contributed by atoms with Crippen LogP contribution < -0.4 is 10.6 Å². The first-order chi connectivity index (χ1) is 13.2. The van der Waals surface area contributed by atoms with Crippen LogP contribution in [0.25, 0.3) is 0 Å². The number of aliphatic imine (C=N–C) groups is 1. The third kappa shape index (κ3) is 4.45. The molecule has 0 aromatic carbocycles. The van der Waals surface area contributed by atoms with Crippen molar-refractivity contribution >= 4 is 5.96 Å². The third-order valence-corrected chi connectivity index (χ3v) is 4.57. The summed E-state index contributed by atoms with van der Waals surface area (Å²) in [4.78, 5) is 8.68. The lowest BCUT2D eigenvalue weighted by molar-refractivity contribution is -0.142. The Morgan fingerprint density at radius 2 is 2.11 bits per heavy atom. The summed E-state index contributed by atoms with van der Waals surface area (Å²) in [6, 6.07) is 0.0661. The Bertz CT molecular complexity index is 849. The van der Waals surface area contributed by atoms with Crippen LogP contribution in [-0.2, 0) is 32.7 Å². The zero-order chi connectivity index (χ0) is 20.5. The second-order valence-electron chi connectivity index (χ2n) is 7.20. The lowest BCUT2D eigenvalue weighted by Crippen LogP contribution is -2.46. The highest BCUT2D eigenvalue weighted by molar-refractivity contribution is 5.80. The Morgan fingerprint density at radius 1 is 1.36 bits per heavy atom. The van der Waals surface area contributed by atoms with Crippen LogP contribution in [0.3, 0.4) is 0 Å². The molecule has 0 fully saturated rings. The molecule has 0 saturated heterocycles. The molecular formula is C17H25F3N8. The Kier molecular flexibility index (Phi) is 5.61. The maximum absolute atomic E-state index is 13.1. The molecule has 11 heteroatoms. The zero-order valence-electron chi connectivity index (χ0n) is 16.4. The van der Waals surface area contributed by atoms with Gasteiger partial charge in [-0.1, -0.05) is 13.8 Å². The molecule has 28 heavy (non-hydrogen) atoms. The minimum Gasteiger partial charge on any atom is -0.352 e. The van der Waals surface area contributed by atoms with E-state index >= 15 is 0 Å². The van der Waals surface area contributed by atoms with Gasteiger partial charge in [0.1, 0.15) is 5.82 Å². The number of rotatable bonds is 4. The van der Waals surface area contributed by atoms with Crippen LogP contribution in [-0.4, -0.2) is 43.6 Å². The van der Waals surface area contributed by atoms with Crippen molar-refractivity contribution < 1.29 is 13.2 Å². The van der Waals surface area contributed by atoms with E-state index in [1.807, 2.05) is 4.68 Å². The Hall–Kier alpha value is -2.59. The SMILES string of the molecule is CN=C(NCc1cn(C)nc1C(F)(F)F)NC1CCc2nc(C(C)C)nn2C1. The molecule has 1 atom stereocenters. The van der Waals surface area contributed by atoms with Crippen LogP contribution in [0.2, 0.25) is 0 Å². The van der Waals surface area contributed by atoms with Gasteiger partial charge in [-0.3, -0.25) is 9.67 Å². The standard InChI is InChI=1S/C17H25F3N8/c1-10(2)15-24-13-6-5-12(9-28(13)26-15)23-16(21-3)22-7-11-8-27(4)25-14(11)17(18,19)20/h8,10,12H,5-7,9H2,1-4H3,(H2,21,22,23). The van der Waals surface area contributed by atoms with Crippen molar-refractivity contribution in [3.05, 3.63) is 29.1 Å². The first-order valence-corrected chi connectivity index (χ1v) is 9.18. The second-order valence-corrected chi connectivity index (χ2v) is 7.20. The van der Waals surface area contributed by atoms with E-state index in [2.05, 4.69) is 44.7 Å². The van der Waals surface area contributed by atoms with E-state index in [0.717, 1.165) is 29.2 Å². The summed E-state index contributed by atoms with van der Waals surface area (Å²) in [5, 5.41) is 14.3. The highest BCUT2D eigenvalue weighted by atomic mass is 19.4. The quantitative estimate of drug-likeness (QED) is 0.606. The fraction of sp³-hybridized carbons (Fsp3) is 0.647. The summed E-state index contributed by atoms with van der Waals surface area (Å²) in [6.45, 7) is 4.71. The summed E-state index contributed by atoms with van der Waals surface area (Å²) < 4.78 is 42.3. The molecule has 0 aliphatic carbocycles. The van der Waals surface area contributed by atoms with Gasteiger partial charge in [0.05, 0.1) is 6.54 Å². The fourth-order valence-electron chi connectivity index (χ4n) is 3.16. The summed E-state index contributed by atoms with van der Waals surface area (Å²) in [6.07, 6.45) is -1.50. The lowest BCUT2D eigenvalue weighted by atomic mass is 10.1. The van der Waals surface area contributed by atoms with Crippen molar-refractivity contribution in [2.45, 2.75) is 57.9 Å². The number of hydrogen-bond donors (Lipinski definition) is 2. The molecule has 1 unspecified atom stereocenters. The minimum atomic E-state index is -4.49. The third-order valence-electron chi connectivity index (χ3n) is 4.57. The molecule has 0 saturated carbocycles. The van der Waals surface area contributed by atoms with Crippen LogP contribution in [0, 0.1) is 0 Å². The molecular weight excluding hydrogens is 373 g/mol. The van der Waals surface area contributed by atoms with Crippen LogP contribution in [0.15, 0.2) is 11.2 Å². The summed E-state index contributed by atoms with van der Waals surface area (Å²) in [5.74, 6) is 2.50. The van der Waals surface area contributed by atoms with E-state index in [1.165, 1.54) is 13.2 Å². The average molecular weight is 398 g/mol. The largest absolute Gasteiger partial charge is 0.435 e. The van der Waals surface area contributed by atoms with Gasteiger partial charge in [-0.05, 0) is 6.42 Å². The van der Waals surface area contributed by atoms with Crippen molar-refractivity contribution in [1.82, 2.24) is 35.2 Å². The monoisotopic (exact) mass is 398 g/mol. The van der Waals surface area contributed by atoms with Gasteiger partial charge in [0.25, 0.3) is 0 Å². The number of hydrogen-bond acceptors (Lipinski definition) is 4. The zero-order valence-corrected chi connectivity index (χ0v) is 16.4. The molecule has 8 nitrogen and oxygen atoms in total. The highest BCUT2D eigenvalue weighted by Crippen LogP contribution is 2.30. The number of aryl methyl sites for hydroxylation is 2. The van der Waals surface area contributed by atoms with Gasteiger partial charge in [-0.25, -0.2) is 9.67 Å². The maximum atomic E-state index is 13.1. The second kappa shape index (κ2) is 7.80. The van der Waals surface area contributed by atoms with Crippen LogP contribution in [0.4, 0.5) is 13.2 Å². The van der Waals surface area contributed by atoms with E-state index in [0.29, 0.717) is 12.5 Å². The van der Waals surface area contributed by atoms with E-state index in [9.17, 15) is 13.2 Å². The molecule has 0 amide bonds. The number of halogens is 3. The van der Waals surface area contributed by atoms with E-state index in [4.69, 9.17) is 0 Å². The van der Waals surface area contributed by atoms with Crippen molar-refractivity contribution in [2.75, 3.05) is 7.05 Å². The highest BCUT2D eigenvalue weighted by Gasteiger charge is 2.36. The first-order valence-electron chi connectivity index (χ1n) is 9.18. The summed E-state index contributed by atoms with van der Waals surface area (Å²) >= 11 is 0. The summed E-state index contributed by atoms with van der Waals surface area (Å²) in [5.41, 5.74) is -0.814. The van der Waals surface area contributed by atoms with Gasteiger partial charge in [0.2, 0.25) is 0 Å². The van der Waals surface area contributed by atoms with Gasteiger partial charge in [0.15, 0.2) is 17.5 Å². The number of nitrogens with zero attached hydrogens (tertiary/aromatic N) is 6. The van der Waals surface area contributed by atoms with Gasteiger partial charge < -0.3 is 10.6 Å². The smallest absolute Gasteiger partial charge is 0.352 e. The molecule has 2 aromatic rings. The fourth-order valence-corrected chi connectivity index (χ4v) is 3.16. The molecule has 2 N–H and O–H groups in total. The molecule has 3 rings (SSSR count). The predicted molar refractivity (Wildman–Crippen MR) is 97.8 cm³/mol. The first kappa shape index (κ1) is 20.2. The maximum Gasteiger partial charge on any atom is 0.435 e. The Labute approximate surface area is 161 Å². The van der Waals surface area contributed by atoms with Crippen LogP contribution in [0.5, 0.6) is 0 Å². The molecule has 1 aliphatic heterocycles. The normalized spacial score (nSPS) is 17.7. The molecule has 3 heterocycles. The van der Waals surface area contributed by atoms with Gasteiger partial charge in [0, 0.05) is 50.8 Å². The van der Waals surface area contributed by atoms with Crippen LogP contribution in [0.1, 0.15) is 49.1 Å². The van der Waals surface area contributed by atoms with Gasteiger partial charge >= 0.3 is 6.18 Å². The molecule has 0 bridgehead atoms. The molecule has 2 aromatic heterocycles. The molecule has 0 spiro atoms. The van der Waals surface area contributed by atoms with Gasteiger partial charge in [-0.15, -0.1) is 0 Å². The van der Waals surface area contributed by atoms with Gasteiger partial charge in [-0.2, -0.15) is 23.4 Å². The number of nitrogens with one attached hydrogen (secondary N) is 2. The van der Waals surface area contributed by atoms with E-state index in [-0.39, 0.29) is 24.1 Å².